The van der Waals surface area contributed by atoms with E-state index in [1.807, 2.05) is 24.3 Å². The van der Waals surface area contributed by atoms with Crippen molar-refractivity contribution in [1.82, 2.24) is 4.90 Å². The second-order valence-corrected chi connectivity index (χ2v) is 6.50. The topological polar surface area (TPSA) is 55.8 Å². The van der Waals surface area contributed by atoms with Crippen LogP contribution in [-0.2, 0) is 20.7 Å². The molecule has 0 spiro atoms. The molecule has 0 saturated carbocycles. The summed E-state index contributed by atoms with van der Waals surface area (Å²) in [6.45, 7) is 2.08. The number of amides is 1. The summed E-state index contributed by atoms with van der Waals surface area (Å²) in [6, 6.07) is 13.8. The third-order valence-corrected chi connectivity index (χ3v) is 4.79. The molecule has 0 aromatic heterocycles. The fourth-order valence-corrected chi connectivity index (χ4v) is 3.36. The van der Waals surface area contributed by atoms with Crippen molar-refractivity contribution in [2.75, 3.05) is 13.7 Å². The first kappa shape index (κ1) is 18.3. The van der Waals surface area contributed by atoms with Gasteiger partial charge in [-0.25, -0.2) is 4.79 Å². The van der Waals surface area contributed by atoms with E-state index in [1.165, 1.54) is 12.0 Å². The first-order valence-corrected chi connectivity index (χ1v) is 8.78. The smallest absolute Gasteiger partial charge is 0.333 e. The summed E-state index contributed by atoms with van der Waals surface area (Å²) in [6.07, 6.45) is -0.110. The molecule has 26 heavy (non-hydrogen) atoms. The van der Waals surface area contributed by atoms with Gasteiger partial charge in [-0.15, -0.1) is 0 Å². The molecule has 136 valence electrons. The Hall–Kier alpha value is -2.53. The summed E-state index contributed by atoms with van der Waals surface area (Å²) < 4.78 is 10.7. The maximum Gasteiger partial charge on any atom is 0.333 e. The molecule has 2 aromatic carbocycles. The zero-order valence-corrected chi connectivity index (χ0v) is 15.4. The predicted molar refractivity (Wildman–Crippen MR) is 98.2 cm³/mol. The largest absolute Gasteiger partial charge is 0.479 e. The molecule has 0 aliphatic carbocycles. The number of esters is 1. The monoisotopic (exact) mass is 373 g/mol. The molecule has 5 nitrogen and oxygen atoms in total. The van der Waals surface area contributed by atoms with Gasteiger partial charge in [0.1, 0.15) is 5.75 Å². The molecule has 2 atom stereocenters. The quantitative estimate of drug-likeness (QED) is 0.771. The standard InChI is InChI=1S/C20H20ClNO4/c1-13(26-17-10-6-5-9-16(17)21)19(23)22-12-11-14-7-3-4-8-15(14)18(22)20(24)25-2/h3-10,13,18H,11-12H2,1-2H3/t13-,18-/m0/s1. The minimum atomic E-state index is -0.785. The summed E-state index contributed by atoms with van der Waals surface area (Å²) in [5, 5.41) is 0.431. The van der Waals surface area contributed by atoms with E-state index in [0.717, 1.165) is 11.1 Å². The summed E-state index contributed by atoms with van der Waals surface area (Å²) in [4.78, 5) is 26.9. The Morgan fingerprint density at radius 2 is 1.85 bits per heavy atom. The van der Waals surface area contributed by atoms with Gasteiger partial charge in [-0.05, 0) is 36.6 Å². The van der Waals surface area contributed by atoms with Gasteiger partial charge in [0.2, 0.25) is 0 Å². The van der Waals surface area contributed by atoms with Gasteiger partial charge < -0.3 is 14.4 Å². The zero-order valence-electron chi connectivity index (χ0n) is 14.6. The molecule has 1 aliphatic rings. The van der Waals surface area contributed by atoms with Crippen molar-refractivity contribution in [3.63, 3.8) is 0 Å². The van der Waals surface area contributed by atoms with Crippen molar-refractivity contribution in [2.24, 2.45) is 0 Å². The lowest BCUT2D eigenvalue weighted by molar-refractivity contribution is -0.156. The Kier molecular flexibility index (Phi) is 5.47. The zero-order chi connectivity index (χ0) is 18.7. The van der Waals surface area contributed by atoms with Gasteiger partial charge in [-0.2, -0.15) is 0 Å². The molecule has 0 fully saturated rings. The number of carbonyl (C=O) groups is 2. The van der Waals surface area contributed by atoms with Crippen LogP contribution in [0.25, 0.3) is 0 Å². The van der Waals surface area contributed by atoms with Crippen molar-refractivity contribution in [2.45, 2.75) is 25.5 Å². The molecule has 0 N–H and O–H groups in total. The van der Waals surface area contributed by atoms with Crippen molar-refractivity contribution < 1.29 is 19.1 Å². The summed E-state index contributed by atoms with van der Waals surface area (Å²) in [5.74, 6) is -0.313. The molecule has 3 rings (SSSR count). The second kappa shape index (κ2) is 7.79. The molecule has 0 unspecified atom stereocenters. The van der Waals surface area contributed by atoms with E-state index in [9.17, 15) is 9.59 Å². The first-order chi connectivity index (χ1) is 12.5. The van der Waals surface area contributed by atoms with Gasteiger partial charge in [0, 0.05) is 6.54 Å². The van der Waals surface area contributed by atoms with Crippen LogP contribution in [0.1, 0.15) is 24.1 Å². The van der Waals surface area contributed by atoms with Gasteiger partial charge in [-0.1, -0.05) is 48.0 Å². The Morgan fingerprint density at radius 3 is 2.58 bits per heavy atom. The SMILES string of the molecule is COC(=O)[C@@H]1c2ccccc2CCN1C(=O)[C@H](C)Oc1ccccc1Cl. The number of para-hydroxylation sites is 1. The van der Waals surface area contributed by atoms with Crippen molar-refractivity contribution in [3.05, 3.63) is 64.7 Å². The molecule has 1 aliphatic heterocycles. The molecule has 1 amide bonds. The number of hydrogen-bond acceptors (Lipinski definition) is 4. The van der Waals surface area contributed by atoms with Crippen LogP contribution in [0.15, 0.2) is 48.5 Å². The average molecular weight is 374 g/mol. The number of nitrogens with zero attached hydrogens (tertiary/aromatic N) is 1. The Balaban J connectivity index is 1.85. The number of carbonyl (C=O) groups excluding carboxylic acids is 2. The second-order valence-electron chi connectivity index (χ2n) is 6.10. The van der Waals surface area contributed by atoms with Crippen LogP contribution in [0.3, 0.4) is 0 Å². The van der Waals surface area contributed by atoms with E-state index in [1.54, 1.807) is 31.2 Å². The summed E-state index contributed by atoms with van der Waals surface area (Å²) >= 11 is 6.10. The van der Waals surface area contributed by atoms with Crippen LogP contribution in [0.2, 0.25) is 5.02 Å². The van der Waals surface area contributed by atoms with Crippen molar-refractivity contribution >= 4 is 23.5 Å². The maximum atomic E-state index is 13.0. The lowest BCUT2D eigenvalue weighted by Crippen LogP contribution is -2.48. The minimum Gasteiger partial charge on any atom is -0.479 e. The van der Waals surface area contributed by atoms with E-state index in [2.05, 4.69) is 0 Å². The number of fused-ring (bicyclic) bond motifs is 1. The maximum absolute atomic E-state index is 13.0. The van der Waals surface area contributed by atoms with Crippen LogP contribution >= 0.6 is 11.6 Å². The number of ether oxygens (including phenoxy) is 2. The van der Waals surface area contributed by atoms with Gasteiger partial charge >= 0.3 is 5.97 Å². The minimum absolute atomic E-state index is 0.283. The van der Waals surface area contributed by atoms with Gasteiger partial charge in [0.05, 0.1) is 12.1 Å². The van der Waals surface area contributed by atoms with E-state index < -0.39 is 18.1 Å². The van der Waals surface area contributed by atoms with Crippen LogP contribution in [-0.4, -0.2) is 36.5 Å². The number of methoxy groups -OCH3 is 1. The highest BCUT2D eigenvalue weighted by Crippen LogP contribution is 2.32. The Labute approximate surface area is 157 Å². The highest BCUT2D eigenvalue weighted by molar-refractivity contribution is 6.32. The molecule has 0 radical (unpaired) electrons. The lowest BCUT2D eigenvalue weighted by Gasteiger charge is -2.36. The molecular formula is C20H20ClNO4. The van der Waals surface area contributed by atoms with Crippen molar-refractivity contribution in [3.8, 4) is 5.75 Å². The third kappa shape index (κ3) is 3.53. The average Bonchev–Trinajstić information content (AvgIpc) is 2.67. The van der Waals surface area contributed by atoms with Crippen LogP contribution < -0.4 is 4.74 Å². The number of rotatable bonds is 4. The van der Waals surface area contributed by atoms with Crippen LogP contribution in [0.5, 0.6) is 5.75 Å². The Bertz CT molecular complexity index is 823. The first-order valence-electron chi connectivity index (χ1n) is 8.40. The number of hydrogen-bond donors (Lipinski definition) is 0. The highest BCUT2D eigenvalue weighted by atomic mass is 35.5. The van der Waals surface area contributed by atoms with E-state index >= 15 is 0 Å². The van der Waals surface area contributed by atoms with E-state index in [-0.39, 0.29) is 5.91 Å². The highest BCUT2D eigenvalue weighted by Gasteiger charge is 2.38. The number of benzene rings is 2. The lowest BCUT2D eigenvalue weighted by atomic mass is 9.92. The number of halogens is 1. The summed E-state index contributed by atoms with van der Waals surface area (Å²) in [7, 11) is 1.33. The van der Waals surface area contributed by atoms with E-state index in [0.29, 0.717) is 23.7 Å². The van der Waals surface area contributed by atoms with E-state index in [4.69, 9.17) is 21.1 Å². The van der Waals surface area contributed by atoms with Gasteiger partial charge in [0.25, 0.3) is 5.91 Å². The molecule has 1 heterocycles. The fourth-order valence-electron chi connectivity index (χ4n) is 3.18. The molecule has 2 aromatic rings. The molecule has 0 saturated heterocycles. The summed E-state index contributed by atoms with van der Waals surface area (Å²) in [5.41, 5.74) is 1.84. The van der Waals surface area contributed by atoms with Crippen molar-refractivity contribution in [1.29, 1.82) is 0 Å². The molecule has 0 bridgehead atoms. The normalized spacial score (nSPS) is 17.2. The molecule has 6 heteroatoms. The fraction of sp³-hybridized carbons (Fsp3) is 0.300. The third-order valence-electron chi connectivity index (χ3n) is 4.48. The van der Waals surface area contributed by atoms with Crippen LogP contribution in [0, 0.1) is 0 Å². The molecular weight excluding hydrogens is 354 g/mol. The predicted octanol–water partition coefficient (Wildman–Crippen LogP) is 3.41. The van der Waals surface area contributed by atoms with Gasteiger partial charge in [0.15, 0.2) is 12.1 Å². The Morgan fingerprint density at radius 1 is 1.15 bits per heavy atom. The van der Waals surface area contributed by atoms with Gasteiger partial charge in [-0.3, -0.25) is 4.79 Å². The van der Waals surface area contributed by atoms with Crippen LogP contribution in [0.4, 0.5) is 0 Å².